The molecule has 3 aromatic carbocycles. The van der Waals surface area contributed by atoms with E-state index in [1.807, 2.05) is 36.0 Å². The van der Waals surface area contributed by atoms with Crippen molar-refractivity contribution in [3.63, 3.8) is 0 Å². The van der Waals surface area contributed by atoms with Crippen LogP contribution in [0.5, 0.6) is 28.7 Å². The maximum Gasteiger partial charge on any atom is 0.231 e. The fourth-order valence-corrected chi connectivity index (χ4v) is 5.42. The summed E-state index contributed by atoms with van der Waals surface area (Å²) in [6, 6.07) is 17.8. The van der Waals surface area contributed by atoms with Gasteiger partial charge >= 0.3 is 0 Å². The molecule has 0 aromatic heterocycles. The van der Waals surface area contributed by atoms with Crippen molar-refractivity contribution in [1.29, 1.82) is 0 Å². The van der Waals surface area contributed by atoms with E-state index in [0.717, 1.165) is 46.4 Å². The van der Waals surface area contributed by atoms with E-state index in [0.29, 0.717) is 12.3 Å². The van der Waals surface area contributed by atoms with Crippen molar-refractivity contribution in [1.82, 2.24) is 0 Å². The maximum absolute atomic E-state index is 10.5. The Morgan fingerprint density at radius 2 is 1.75 bits per heavy atom. The molecule has 6 nitrogen and oxygen atoms in total. The van der Waals surface area contributed by atoms with Crippen LogP contribution in [-0.4, -0.2) is 32.7 Å². The lowest BCUT2D eigenvalue weighted by Crippen LogP contribution is -2.24. The van der Waals surface area contributed by atoms with E-state index in [9.17, 15) is 5.11 Å². The fourth-order valence-electron chi connectivity index (χ4n) is 4.11. The molecule has 1 N–H and O–H groups in total. The standard InChI is InChI=1S/C25H25NO5S/c1-28-18-5-3-17(21(27)12-18)14-26-10-9-24(16-4-8-22-23(11-16)31-15-30-22)32-25-13-19(29-2)6-7-20(25)26/h3-8,11-13,24,27H,9-10,14-15H2,1-2H3/t24-/m0/s1. The quantitative estimate of drug-likeness (QED) is 0.559. The molecule has 5 rings (SSSR count). The Morgan fingerprint density at radius 3 is 2.56 bits per heavy atom. The van der Waals surface area contributed by atoms with E-state index in [2.05, 4.69) is 29.2 Å². The molecule has 166 valence electrons. The third-order valence-corrected chi connectivity index (χ3v) is 7.23. The predicted octanol–water partition coefficient (Wildman–Crippen LogP) is 5.38. The minimum atomic E-state index is 0.239. The molecule has 3 aromatic rings. The largest absolute Gasteiger partial charge is 0.507 e. The molecule has 1 atom stereocenters. The first-order chi connectivity index (χ1) is 15.6. The number of benzene rings is 3. The number of nitrogens with zero attached hydrogens (tertiary/aromatic N) is 1. The third kappa shape index (κ3) is 4.00. The number of methoxy groups -OCH3 is 2. The zero-order valence-electron chi connectivity index (χ0n) is 18.0. The summed E-state index contributed by atoms with van der Waals surface area (Å²) in [7, 11) is 3.28. The van der Waals surface area contributed by atoms with Gasteiger partial charge in [0.1, 0.15) is 17.2 Å². The minimum Gasteiger partial charge on any atom is -0.507 e. The summed E-state index contributed by atoms with van der Waals surface area (Å²) in [5.74, 6) is 3.31. The molecule has 0 unspecified atom stereocenters. The van der Waals surface area contributed by atoms with Gasteiger partial charge in [-0.3, -0.25) is 0 Å². The lowest BCUT2D eigenvalue weighted by Gasteiger charge is -2.25. The zero-order chi connectivity index (χ0) is 22.1. The molecule has 0 radical (unpaired) electrons. The number of ether oxygens (including phenoxy) is 4. The molecule has 0 saturated carbocycles. The van der Waals surface area contributed by atoms with Crippen LogP contribution in [-0.2, 0) is 6.54 Å². The number of aromatic hydroxyl groups is 1. The van der Waals surface area contributed by atoms with Crippen LogP contribution in [0.4, 0.5) is 5.69 Å². The van der Waals surface area contributed by atoms with Crippen molar-refractivity contribution in [2.45, 2.75) is 23.1 Å². The van der Waals surface area contributed by atoms with Gasteiger partial charge in [-0.15, -0.1) is 11.8 Å². The van der Waals surface area contributed by atoms with Crippen LogP contribution in [0.25, 0.3) is 0 Å². The number of thioether (sulfide) groups is 1. The van der Waals surface area contributed by atoms with E-state index in [4.69, 9.17) is 18.9 Å². The topological polar surface area (TPSA) is 60.4 Å². The van der Waals surface area contributed by atoms with Gasteiger partial charge in [-0.1, -0.05) is 6.07 Å². The highest BCUT2D eigenvalue weighted by molar-refractivity contribution is 7.99. The molecule has 0 amide bonds. The van der Waals surface area contributed by atoms with Crippen molar-refractivity contribution in [3.05, 3.63) is 65.7 Å². The Labute approximate surface area is 191 Å². The molecule has 2 heterocycles. The molecule has 2 aliphatic rings. The predicted molar refractivity (Wildman–Crippen MR) is 124 cm³/mol. The second kappa shape index (κ2) is 8.74. The van der Waals surface area contributed by atoms with Gasteiger partial charge in [0.25, 0.3) is 0 Å². The SMILES string of the molecule is COc1ccc(CN2CC[C@@H](c3ccc4c(c3)OCO4)Sc3cc(OC)ccc32)c(O)c1. The number of fused-ring (bicyclic) bond motifs is 2. The number of phenols is 1. The maximum atomic E-state index is 10.5. The number of rotatable bonds is 5. The Hall–Kier alpha value is -3.19. The Morgan fingerprint density at radius 1 is 0.969 bits per heavy atom. The molecule has 0 fully saturated rings. The molecular weight excluding hydrogens is 426 g/mol. The summed E-state index contributed by atoms with van der Waals surface area (Å²) < 4.78 is 21.8. The van der Waals surface area contributed by atoms with Gasteiger partial charge in [-0.05, 0) is 54.4 Å². The molecule has 7 heteroatoms. The van der Waals surface area contributed by atoms with Crippen LogP contribution in [0.1, 0.15) is 22.8 Å². The number of hydrogen-bond acceptors (Lipinski definition) is 7. The number of anilines is 1. The fraction of sp³-hybridized carbons (Fsp3) is 0.280. The number of phenolic OH excluding ortho intramolecular Hbond substituents is 1. The van der Waals surface area contributed by atoms with Crippen molar-refractivity contribution < 1.29 is 24.1 Å². The zero-order valence-corrected chi connectivity index (χ0v) is 18.9. The van der Waals surface area contributed by atoms with Crippen LogP contribution < -0.4 is 23.8 Å². The van der Waals surface area contributed by atoms with Crippen molar-refractivity contribution >= 4 is 17.4 Å². The summed E-state index contributed by atoms with van der Waals surface area (Å²) in [5.41, 5.74) is 3.20. The highest BCUT2D eigenvalue weighted by Gasteiger charge is 2.26. The van der Waals surface area contributed by atoms with Crippen molar-refractivity contribution in [2.24, 2.45) is 0 Å². The van der Waals surface area contributed by atoms with Gasteiger partial charge in [0.05, 0.1) is 19.9 Å². The van der Waals surface area contributed by atoms with Gasteiger partial charge in [0.15, 0.2) is 11.5 Å². The first kappa shape index (κ1) is 20.7. The lowest BCUT2D eigenvalue weighted by molar-refractivity contribution is 0.174. The summed E-state index contributed by atoms with van der Waals surface area (Å²) in [5, 5.41) is 10.8. The Balaban J connectivity index is 1.47. The van der Waals surface area contributed by atoms with E-state index in [-0.39, 0.29) is 17.8 Å². The highest BCUT2D eigenvalue weighted by Crippen LogP contribution is 2.48. The second-order valence-electron chi connectivity index (χ2n) is 7.76. The van der Waals surface area contributed by atoms with Gasteiger partial charge in [-0.25, -0.2) is 0 Å². The Kier molecular flexibility index (Phi) is 5.66. The smallest absolute Gasteiger partial charge is 0.231 e. The molecular formula is C25H25NO5S. The van der Waals surface area contributed by atoms with E-state index in [1.54, 1.807) is 20.3 Å². The number of hydrogen-bond donors (Lipinski definition) is 1. The van der Waals surface area contributed by atoms with Crippen LogP contribution >= 0.6 is 11.8 Å². The highest BCUT2D eigenvalue weighted by atomic mass is 32.2. The second-order valence-corrected chi connectivity index (χ2v) is 9.00. The first-order valence-electron chi connectivity index (χ1n) is 10.5. The van der Waals surface area contributed by atoms with E-state index in [1.165, 1.54) is 5.56 Å². The normalized spacial score (nSPS) is 16.9. The third-order valence-electron chi connectivity index (χ3n) is 5.86. The molecule has 0 aliphatic carbocycles. The van der Waals surface area contributed by atoms with Gasteiger partial charge in [0, 0.05) is 34.9 Å². The van der Waals surface area contributed by atoms with Crippen LogP contribution in [0.2, 0.25) is 0 Å². The molecule has 0 bridgehead atoms. The first-order valence-corrected chi connectivity index (χ1v) is 11.4. The van der Waals surface area contributed by atoms with Crippen molar-refractivity contribution in [2.75, 3.05) is 32.5 Å². The average Bonchev–Trinajstić information content (AvgIpc) is 3.22. The summed E-state index contributed by atoms with van der Waals surface area (Å²) >= 11 is 1.83. The monoisotopic (exact) mass is 451 g/mol. The molecule has 0 saturated heterocycles. The molecule has 0 spiro atoms. The van der Waals surface area contributed by atoms with Crippen LogP contribution in [0.15, 0.2) is 59.5 Å². The van der Waals surface area contributed by atoms with Crippen molar-refractivity contribution in [3.8, 4) is 28.7 Å². The van der Waals surface area contributed by atoms with Gasteiger partial charge in [-0.2, -0.15) is 0 Å². The van der Waals surface area contributed by atoms with Crippen LogP contribution in [0, 0.1) is 0 Å². The van der Waals surface area contributed by atoms with Gasteiger partial charge in [0.2, 0.25) is 6.79 Å². The lowest BCUT2D eigenvalue weighted by atomic mass is 10.1. The minimum absolute atomic E-state index is 0.239. The van der Waals surface area contributed by atoms with E-state index < -0.39 is 0 Å². The summed E-state index contributed by atoms with van der Waals surface area (Å²) in [4.78, 5) is 3.47. The molecule has 2 aliphatic heterocycles. The average molecular weight is 452 g/mol. The van der Waals surface area contributed by atoms with Crippen LogP contribution in [0.3, 0.4) is 0 Å². The van der Waals surface area contributed by atoms with Gasteiger partial charge < -0.3 is 29.0 Å². The summed E-state index contributed by atoms with van der Waals surface area (Å²) in [6.45, 7) is 1.72. The van der Waals surface area contributed by atoms with E-state index >= 15 is 0 Å². The summed E-state index contributed by atoms with van der Waals surface area (Å²) in [6.07, 6.45) is 0.943. The molecule has 32 heavy (non-hydrogen) atoms. The Bertz CT molecular complexity index is 1140.